The summed E-state index contributed by atoms with van der Waals surface area (Å²) in [5.74, 6) is 0.409. The summed E-state index contributed by atoms with van der Waals surface area (Å²) in [5.41, 5.74) is -1.85. The van der Waals surface area contributed by atoms with Crippen LogP contribution in [0.2, 0.25) is 0 Å². The molecule has 4 unspecified atom stereocenters. The minimum absolute atomic E-state index is 0.0666. The van der Waals surface area contributed by atoms with E-state index in [1.54, 1.807) is 13.0 Å². The number of carbonyl (C=O) groups is 1. The van der Waals surface area contributed by atoms with E-state index >= 15 is 0 Å². The molecule has 1 saturated carbocycles. The number of hydrogen-bond donors (Lipinski definition) is 1. The molecule has 0 aromatic rings. The standard InChI is InChI=1S/C15H22O2/c1-6-15(5,17)11-9-10-7-8-14(11,4)12(16)13(10,2)3/h6-8,10-11,17H,1,9H2,2-5H3. The van der Waals surface area contributed by atoms with Crippen LogP contribution in [0.15, 0.2) is 24.8 Å². The minimum atomic E-state index is -0.982. The lowest BCUT2D eigenvalue weighted by Crippen LogP contribution is -2.59. The molecule has 0 aromatic heterocycles. The van der Waals surface area contributed by atoms with Gasteiger partial charge in [-0.15, -0.1) is 6.58 Å². The fourth-order valence-corrected chi connectivity index (χ4v) is 3.63. The van der Waals surface area contributed by atoms with E-state index in [1.165, 1.54) is 0 Å². The monoisotopic (exact) mass is 234 g/mol. The number of ketones is 1. The first kappa shape index (κ1) is 12.6. The Morgan fingerprint density at radius 1 is 1.53 bits per heavy atom. The summed E-state index contributed by atoms with van der Waals surface area (Å²) < 4.78 is 0. The second-order valence-corrected chi connectivity index (χ2v) is 6.52. The molecule has 3 rings (SSSR count). The van der Waals surface area contributed by atoms with E-state index in [9.17, 15) is 9.90 Å². The zero-order valence-electron chi connectivity index (χ0n) is 11.2. The molecule has 4 atom stereocenters. The fourth-order valence-electron chi connectivity index (χ4n) is 3.63. The van der Waals surface area contributed by atoms with E-state index in [4.69, 9.17) is 0 Å². The molecule has 0 amide bonds. The van der Waals surface area contributed by atoms with Crippen LogP contribution in [0, 0.1) is 22.7 Å². The lowest BCUT2D eigenvalue weighted by Gasteiger charge is -2.56. The number of Topliss-reactive ketones (excluding diaryl/α,β-unsaturated/α-hetero) is 1. The van der Waals surface area contributed by atoms with Gasteiger partial charge < -0.3 is 5.11 Å². The number of allylic oxidation sites excluding steroid dienone is 2. The van der Waals surface area contributed by atoms with Crippen molar-refractivity contribution >= 4 is 5.78 Å². The first-order valence-corrected chi connectivity index (χ1v) is 6.26. The van der Waals surface area contributed by atoms with E-state index in [2.05, 4.69) is 12.7 Å². The van der Waals surface area contributed by atoms with Gasteiger partial charge in [0.1, 0.15) is 5.78 Å². The normalized spacial score (nSPS) is 42.3. The van der Waals surface area contributed by atoms with Gasteiger partial charge in [0.05, 0.1) is 11.0 Å². The lowest BCUT2D eigenvalue weighted by molar-refractivity contribution is -0.155. The third-order valence-corrected chi connectivity index (χ3v) is 5.01. The third kappa shape index (κ3) is 1.46. The summed E-state index contributed by atoms with van der Waals surface area (Å²) in [7, 11) is 0. The average Bonchev–Trinajstić information content (AvgIpc) is 2.26. The Morgan fingerprint density at radius 2 is 2.12 bits per heavy atom. The second-order valence-electron chi connectivity index (χ2n) is 6.52. The molecule has 0 heterocycles. The van der Waals surface area contributed by atoms with Gasteiger partial charge in [-0.2, -0.15) is 0 Å². The van der Waals surface area contributed by atoms with Crippen LogP contribution in [0.4, 0.5) is 0 Å². The van der Waals surface area contributed by atoms with Crippen LogP contribution in [0.1, 0.15) is 34.1 Å². The van der Waals surface area contributed by atoms with E-state index in [0.717, 1.165) is 6.42 Å². The van der Waals surface area contributed by atoms with Gasteiger partial charge in [0.25, 0.3) is 0 Å². The second kappa shape index (κ2) is 3.32. The van der Waals surface area contributed by atoms with E-state index in [0.29, 0.717) is 0 Å². The summed E-state index contributed by atoms with van der Waals surface area (Å²) in [5, 5.41) is 10.4. The van der Waals surface area contributed by atoms with Crippen LogP contribution >= 0.6 is 0 Å². The topological polar surface area (TPSA) is 37.3 Å². The lowest BCUT2D eigenvalue weighted by atomic mass is 9.47. The molecule has 0 aromatic carbocycles. The Bertz CT molecular complexity index is 403. The molecule has 0 spiro atoms. The molecule has 1 fully saturated rings. The predicted molar refractivity (Wildman–Crippen MR) is 68.5 cm³/mol. The SMILES string of the molecule is C=CC(C)(O)C1CC2C=CC1(C)C(=O)C2(C)C. The molecule has 2 bridgehead atoms. The van der Waals surface area contributed by atoms with Gasteiger partial charge in [-0.3, -0.25) is 4.79 Å². The molecular weight excluding hydrogens is 212 g/mol. The Hall–Kier alpha value is -0.890. The Balaban J connectivity index is 2.50. The van der Waals surface area contributed by atoms with E-state index in [1.807, 2.05) is 26.8 Å². The van der Waals surface area contributed by atoms with Gasteiger partial charge in [-0.25, -0.2) is 0 Å². The van der Waals surface area contributed by atoms with Crippen molar-refractivity contribution in [3.8, 4) is 0 Å². The van der Waals surface area contributed by atoms with Crippen LogP contribution in [0.3, 0.4) is 0 Å². The molecular formula is C15H22O2. The summed E-state index contributed by atoms with van der Waals surface area (Å²) in [4.78, 5) is 12.6. The largest absolute Gasteiger partial charge is 0.386 e. The molecule has 1 N–H and O–H groups in total. The first-order valence-electron chi connectivity index (χ1n) is 6.26. The van der Waals surface area contributed by atoms with Crippen LogP contribution < -0.4 is 0 Å². The molecule has 3 aliphatic rings. The smallest absolute Gasteiger partial charge is 0.149 e. The highest BCUT2D eigenvalue weighted by molar-refractivity contribution is 5.94. The summed E-state index contributed by atoms with van der Waals surface area (Å²) in [6.45, 7) is 11.4. The molecule has 94 valence electrons. The van der Waals surface area contributed by atoms with Crippen molar-refractivity contribution in [2.24, 2.45) is 22.7 Å². The maximum atomic E-state index is 12.6. The first-order chi connectivity index (χ1) is 7.66. The van der Waals surface area contributed by atoms with Crippen LogP contribution in [0.5, 0.6) is 0 Å². The highest BCUT2D eigenvalue weighted by Crippen LogP contribution is 2.57. The van der Waals surface area contributed by atoms with Crippen molar-refractivity contribution < 1.29 is 9.90 Å². The molecule has 17 heavy (non-hydrogen) atoms. The highest BCUT2D eigenvalue weighted by Gasteiger charge is 2.60. The van der Waals surface area contributed by atoms with Gasteiger partial charge in [-0.05, 0) is 26.2 Å². The van der Waals surface area contributed by atoms with E-state index < -0.39 is 11.0 Å². The molecule has 0 radical (unpaired) electrons. The number of rotatable bonds is 2. The Kier molecular flexibility index (Phi) is 2.45. The van der Waals surface area contributed by atoms with Crippen LogP contribution in [-0.4, -0.2) is 16.5 Å². The van der Waals surface area contributed by atoms with Gasteiger partial charge >= 0.3 is 0 Å². The molecule has 3 aliphatic carbocycles. The molecule has 2 heteroatoms. The Morgan fingerprint density at radius 3 is 2.65 bits per heavy atom. The minimum Gasteiger partial charge on any atom is -0.386 e. The quantitative estimate of drug-likeness (QED) is 0.746. The number of hydrogen-bond acceptors (Lipinski definition) is 2. The number of aliphatic hydroxyl groups is 1. The maximum Gasteiger partial charge on any atom is 0.149 e. The van der Waals surface area contributed by atoms with Crippen molar-refractivity contribution in [2.75, 3.05) is 0 Å². The Labute approximate surface area is 103 Å². The highest BCUT2D eigenvalue weighted by atomic mass is 16.3. The van der Waals surface area contributed by atoms with Gasteiger partial charge in [0, 0.05) is 11.3 Å². The van der Waals surface area contributed by atoms with Gasteiger partial charge in [0.15, 0.2) is 0 Å². The van der Waals surface area contributed by atoms with Crippen LogP contribution in [-0.2, 0) is 4.79 Å². The summed E-state index contributed by atoms with van der Waals surface area (Å²) in [6, 6.07) is 0. The van der Waals surface area contributed by atoms with Crippen molar-refractivity contribution in [2.45, 2.75) is 39.7 Å². The van der Waals surface area contributed by atoms with Crippen LogP contribution in [0.25, 0.3) is 0 Å². The van der Waals surface area contributed by atoms with Crippen molar-refractivity contribution in [1.82, 2.24) is 0 Å². The number of fused-ring (bicyclic) bond motifs is 2. The summed E-state index contributed by atoms with van der Waals surface area (Å²) in [6.07, 6.45) is 6.57. The zero-order valence-corrected chi connectivity index (χ0v) is 11.2. The van der Waals surface area contributed by atoms with Crippen molar-refractivity contribution in [1.29, 1.82) is 0 Å². The van der Waals surface area contributed by atoms with Gasteiger partial charge in [-0.1, -0.05) is 32.1 Å². The zero-order chi connectivity index (χ0) is 13.1. The maximum absolute atomic E-state index is 12.6. The summed E-state index contributed by atoms with van der Waals surface area (Å²) >= 11 is 0. The molecule has 2 nitrogen and oxygen atoms in total. The van der Waals surface area contributed by atoms with Gasteiger partial charge in [0.2, 0.25) is 0 Å². The number of carbonyl (C=O) groups excluding carboxylic acids is 1. The fraction of sp³-hybridized carbons (Fsp3) is 0.667. The third-order valence-electron chi connectivity index (χ3n) is 5.01. The average molecular weight is 234 g/mol. The molecule has 0 aliphatic heterocycles. The predicted octanol–water partition coefficient (Wildman–Crippen LogP) is 2.73. The van der Waals surface area contributed by atoms with E-state index in [-0.39, 0.29) is 23.0 Å². The van der Waals surface area contributed by atoms with Crippen molar-refractivity contribution in [3.05, 3.63) is 24.8 Å². The van der Waals surface area contributed by atoms with Crippen molar-refractivity contribution in [3.63, 3.8) is 0 Å². The molecule has 0 saturated heterocycles.